The van der Waals surface area contributed by atoms with Crippen molar-refractivity contribution in [3.05, 3.63) is 65.0 Å². The standard InChI is InChI=1S/C25H28F6O2/c1-2-3-17-4-8-19(9-5-17)20-10-13-22(23(26)16-20)24(27,28)32-15-14-18-6-11-21(12-7-18)33-25(29,30)31/h6-7,10-13,16-17,19H,2-5,8-9,14-15H2,1H3. The van der Waals surface area contributed by atoms with Crippen molar-refractivity contribution in [3.63, 3.8) is 0 Å². The second-order valence-corrected chi connectivity index (χ2v) is 8.55. The molecule has 2 aromatic carbocycles. The topological polar surface area (TPSA) is 18.5 Å². The third-order valence-corrected chi connectivity index (χ3v) is 6.15. The SMILES string of the molecule is CCCC1CCC(c2ccc(C(F)(F)OCCc3ccc(OC(F)(F)F)cc3)c(F)c2)CC1. The lowest BCUT2D eigenvalue weighted by Gasteiger charge is -2.29. The third-order valence-electron chi connectivity index (χ3n) is 6.15. The van der Waals surface area contributed by atoms with E-state index in [1.807, 2.05) is 0 Å². The van der Waals surface area contributed by atoms with Gasteiger partial charge in [-0.2, -0.15) is 8.78 Å². The van der Waals surface area contributed by atoms with Crippen LogP contribution >= 0.6 is 0 Å². The lowest BCUT2D eigenvalue weighted by molar-refractivity contribution is -0.274. The highest BCUT2D eigenvalue weighted by molar-refractivity contribution is 5.30. The van der Waals surface area contributed by atoms with Crippen LogP contribution in [0.15, 0.2) is 42.5 Å². The number of halogens is 6. The molecule has 0 radical (unpaired) electrons. The summed E-state index contributed by atoms with van der Waals surface area (Å²) in [4.78, 5) is 0. The summed E-state index contributed by atoms with van der Waals surface area (Å²) in [7, 11) is 0. The van der Waals surface area contributed by atoms with E-state index in [-0.39, 0.29) is 12.3 Å². The van der Waals surface area contributed by atoms with E-state index in [1.165, 1.54) is 24.6 Å². The van der Waals surface area contributed by atoms with Crippen molar-refractivity contribution < 1.29 is 35.8 Å². The van der Waals surface area contributed by atoms with E-state index >= 15 is 0 Å². The second kappa shape index (κ2) is 10.8. The van der Waals surface area contributed by atoms with Gasteiger partial charge in [0.1, 0.15) is 11.6 Å². The number of alkyl halides is 5. The molecule has 0 spiro atoms. The molecule has 0 unspecified atom stereocenters. The van der Waals surface area contributed by atoms with Crippen LogP contribution in [0.1, 0.15) is 68.1 Å². The summed E-state index contributed by atoms with van der Waals surface area (Å²) in [6.45, 7) is 1.72. The van der Waals surface area contributed by atoms with E-state index in [4.69, 9.17) is 0 Å². The lowest BCUT2D eigenvalue weighted by Crippen LogP contribution is -2.22. The van der Waals surface area contributed by atoms with Crippen LogP contribution in [0.25, 0.3) is 0 Å². The average molecular weight is 474 g/mol. The molecule has 182 valence electrons. The summed E-state index contributed by atoms with van der Waals surface area (Å²) in [6, 6.07) is 8.67. The van der Waals surface area contributed by atoms with Crippen molar-refractivity contribution in [2.45, 2.75) is 70.3 Å². The van der Waals surface area contributed by atoms with Gasteiger partial charge in [0.15, 0.2) is 0 Å². The Kier molecular flexibility index (Phi) is 8.32. The Balaban J connectivity index is 1.54. The van der Waals surface area contributed by atoms with Gasteiger partial charge >= 0.3 is 12.5 Å². The molecule has 0 N–H and O–H groups in total. The predicted octanol–water partition coefficient (Wildman–Crippen LogP) is 8.11. The minimum absolute atomic E-state index is 0.0165. The summed E-state index contributed by atoms with van der Waals surface area (Å²) in [6.07, 6.45) is -2.26. The summed E-state index contributed by atoms with van der Waals surface area (Å²) >= 11 is 0. The minimum Gasteiger partial charge on any atom is -0.406 e. The Bertz CT molecular complexity index is 887. The first-order valence-corrected chi connectivity index (χ1v) is 11.2. The molecule has 2 nitrogen and oxygen atoms in total. The molecule has 0 bridgehead atoms. The summed E-state index contributed by atoms with van der Waals surface area (Å²) in [5.41, 5.74) is 0.401. The molecule has 0 amide bonds. The fourth-order valence-corrected chi connectivity index (χ4v) is 4.45. The van der Waals surface area contributed by atoms with Crippen LogP contribution in [0.2, 0.25) is 0 Å². The first kappa shape index (κ1) is 25.4. The quantitative estimate of drug-likeness (QED) is 0.342. The highest BCUT2D eigenvalue weighted by Gasteiger charge is 2.36. The monoisotopic (exact) mass is 474 g/mol. The summed E-state index contributed by atoms with van der Waals surface area (Å²) in [5.74, 6) is -0.526. The molecule has 8 heteroatoms. The van der Waals surface area contributed by atoms with E-state index in [9.17, 15) is 26.3 Å². The van der Waals surface area contributed by atoms with E-state index in [0.29, 0.717) is 11.5 Å². The molecule has 0 atom stereocenters. The van der Waals surface area contributed by atoms with Crippen molar-refractivity contribution in [2.75, 3.05) is 6.61 Å². The molecule has 0 saturated heterocycles. The average Bonchev–Trinajstić information content (AvgIpc) is 2.74. The fraction of sp³-hybridized carbons (Fsp3) is 0.520. The van der Waals surface area contributed by atoms with E-state index in [2.05, 4.69) is 16.4 Å². The van der Waals surface area contributed by atoms with E-state index in [0.717, 1.165) is 55.9 Å². The third kappa shape index (κ3) is 7.39. The maximum atomic E-state index is 14.6. The highest BCUT2D eigenvalue weighted by atomic mass is 19.4. The van der Waals surface area contributed by atoms with Gasteiger partial charge in [-0.3, -0.25) is 0 Å². The predicted molar refractivity (Wildman–Crippen MR) is 113 cm³/mol. The molecule has 1 fully saturated rings. The molecule has 1 aliphatic rings. The zero-order valence-corrected chi connectivity index (χ0v) is 18.4. The molecule has 2 aromatic rings. The van der Waals surface area contributed by atoms with Gasteiger partial charge in [-0.05, 0) is 79.3 Å². The molecule has 0 heterocycles. The van der Waals surface area contributed by atoms with Gasteiger partial charge in [0.25, 0.3) is 0 Å². The molecule has 33 heavy (non-hydrogen) atoms. The minimum atomic E-state index is -4.80. The Morgan fingerprint density at radius 3 is 2.15 bits per heavy atom. The van der Waals surface area contributed by atoms with Crippen LogP contribution in [-0.2, 0) is 17.3 Å². The molecule has 0 aromatic heterocycles. The fourth-order valence-electron chi connectivity index (χ4n) is 4.45. The number of benzene rings is 2. The van der Waals surface area contributed by atoms with Crippen LogP contribution in [0.4, 0.5) is 26.3 Å². The van der Waals surface area contributed by atoms with Crippen molar-refractivity contribution in [1.82, 2.24) is 0 Å². The van der Waals surface area contributed by atoms with Crippen LogP contribution in [-0.4, -0.2) is 13.0 Å². The number of hydrogen-bond acceptors (Lipinski definition) is 2. The first-order chi connectivity index (χ1) is 15.6. The smallest absolute Gasteiger partial charge is 0.406 e. The van der Waals surface area contributed by atoms with Gasteiger partial charge in [-0.1, -0.05) is 38.0 Å². The maximum absolute atomic E-state index is 14.6. The number of ether oxygens (including phenoxy) is 2. The molecule has 1 aliphatic carbocycles. The van der Waals surface area contributed by atoms with E-state index < -0.39 is 36.2 Å². The Labute approximate surface area is 189 Å². The van der Waals surface area contributed by atoms with Gasteiger partial charge in [0, 0.05) is 0 Å². The summed E-state index contributed by atoms with van der Waals surface area (Å²) in [5, 5.41) is 0. The van der Waals surface area contributed by atoms with Gasteiger partial charge in [-0.25, -0.2) is 4.39 Å². The Morgan fingerprint density at radius 2 is 1.58 bits per heavy atom. The lowest BCUT2D eigenvalue weighted by atomic mass is 9.77. The number of rotatable bonds is 9. The zero-order valence-electron chi connectivity index (χ0n) is 18.4. The normalized spacial score (nSPS) is 19.5. The van der Waals surface area contributed by atoms with Gasteiger partial charge < -0.3 is 9.47 Å². The van der Waals surface area contributed by atoms with Crippen LogP contribution in [0.3, 0.4) is 0 Å². The van der Waals surface area contributed by atoms with Gasteiger partial charge in [0.05, 0.1) is 12.2 Å². The van der Waals surface area contributed by atoms with Crippen molar-refractivity contribution in [2.24, 2.45) is 5.92 Å². The molecule has 1 saturated carbocycles. The van der Waals surface area contributed by atoms with Gasteiger partial charge in [-0.15, -0.1) is 13.2 Å². The van der Waals surface area contributed by atoms with Crippen LogP contribution < -0.4 is 4.74 Å². The Morgan fingerprint density at radius 1 is 0.909 bits per heavy atom. The van der Waals surface area contributed by atoms with Crippen molar-refractivity contribution in [1.29, 1.82) is 0 Å². The van der Waals surface area contributed by atoms with Crippen LogP contribution in [0, 0.1) is 11.7 Å². The first-order valence-electron chi connectivity index (χ1n) is 11.2. The molecular weight excluding hydrogens is 446 g/mol. The van der Waals surface area contributed by atoms with Gasteiger partial charge in [0.2, 0.25) is 0 Å². The van der Waals surface area contributed by atoms with E-state index in [1.54, 1.807) is 6.07 Å². The number of hydrogen-bond donors (Lipinski definition) is 0. The maximum Gasteiger partial charge on any atom is 0.573 e. The molecule has 0 aliphatic heterocycles. The summed E-state index contributed by atoms with van der Waals surface area (Å²) < 4.78 is 88.5. The Hall–Kier alpha value is -2.22. The van der Waals surface area contributed by atoms with Crippen molar-refractivity contribution in [3.8, 4) is 5.75 Å². The van der Waals surface area contributed by atoms with Crippen molar-refractivity contribution >= 4 is 0 Å². The highest BCUT2D eigenvalue weighted by Crippen LogP contribution is 2.39. The molecular formula is C25H28F6O2. The zero-order chi connectivity index (χ0) is 24.1. The van der Waals surface area contributed by atoms with Crippen LogP contribution in [0.5, 0.6) is 5.75 Å². The largest absolute Gasteiger partial charge is 0.573 e. The molecule has 3 rings (SSSR count). The second-order valence-electron chi connectivity index (χ2n) is 8.55.